The van der Waals surface area contributed by atoms with Gasteiger partial charge in [0.15, 0.2) is 0 Å². The van der Waals surface area contributed by atoms with E-state index in [1.54, 1.807) is 0 Å². The monoisotopic (exact) mass is 267 g/mol. The molecule has 1 aromatic rings. The van der Waals surface area contributed by atoms with E-state index < -0.39 is 13.0 Å². The van der Waals surface area contributed by atoms with Crippen molar-refractivity contribution in [3.8, 4) is 0 Å². The molecule has 0 aromatic heterocycles. The van der Waals surface area contributed by atoms with Crippen molar-refractivity contribution >= 4 is 11.6 Å². The Bertz CT molecular complexity index is 318. The Hall–Kier alpha value is -0.780. The molecule has 0 radical (unpaired) electrons. The van der Waals surface area contributed by atoms with Crippen LogP contribution in [0, 0.1) is 0 Å². The van der Waals surface area contributed by atoms with Crippen LogP contribution in [0.1, 0.15) is 11.6 Å². The largest absolute Gasteiger partial charge is 0.522 e. The maximum absolute atomic E-state index is 11.7. The molecular formula is C11H13ClF3NO. The van der Waals surface area contributed by atoms with E-state index in [4.69, 9.17) is 11.6 Å². The van der Waals surface area contributed by atoms with Crippen LogP contribution in [0.2, 0.25) is 0 Å². The van der Waals surface area contributed by atoms with Crippen LogP contribution in [0.15, 0.2) is 30.3 Å². The first-order chi connectivity index (χ1) is 8.03. The van der Waals surface area contributed by atoms with Gasteiger partial charge in [0.05, 0.1) is 6.61 Å². The maximum Gasteiger partial charge on any atom is 0.522 e. The van der Waals surface area contributed by atoms with Gasteiger partial charge in [-0.15, -0.1) is 24.8 Å². The first-order valence-electron chi connectivity index (χ1n) is 5.08. The molecule has 0 fully saturated rings. The van der Waals surface area contributed by atoms with Crippen molar-refractivity contribution in [3.05, 3.63) is 35.9 Å². The normalized spacial score (nSPS) is 13.6. The molecule has 0 bridgehead atoms. The van der Waals surface area contributed by atoms with Crippen molar-refractivity contribution in [3.63, 3.8) is 0 Å². The molecule has 0 saturated heterocycles. The average Bonchev–Trinajstić information content (AvgIpc) is 2.29. The fourth-order valence-electron chi connectivity index (χ4n) is 1.35. The molecule has 6 heteroatoms. The van der Waals surface area contributed by atoms with E-state index in [0.29, 0.717) is 0 Å². The van der Waals surface area contributed by atoms with Gasteiger partial charge in [-0.05, 0) is 5.56 Å². The first kappa shape index (κ1) is 14.3. The fraction of sp³-hybridized carbons (Fsp3) is 0.455. The Kier molecular flexibility index (Phi) is 5.74. The quantitative estimate of drug-likeness (QED) is 0.632. The summed E-state index contributed by atoms with van der Waals surface area (Å²) in [5, 5.41) is 2.90. The third-order valence-corrected chi connectivity index (χ3v) is 2.42. The van der Waals surface area contributed by atoms with Gasteiger partial charge in [-0.25, -0.2) is 0 Å². The van der Waals surface area contributed by atoms with Crippen molar-refractivity contribution < 1.29 is 17.9 Å². The molecule has 0 saturated carbocycles. The maximum atomic E-state index is 11.7. The zero-order valence-corrected chi connectivity index (χ0v) is 9.76. The van der Waals surface area contributed by atoms with Crippen molar-refractivity contribution in [1.82, 2.24) is 5.32 Å². The van der Waals surface area contributed by atoms with Gasteiger partial charge < -0.3 is 5.32 Å². The molecule has 0 aliphatic rings. The van der Waals surface area contributed by atoms with Gasteiger partial charge in [-0.3, -0.25) is 4.74 Å². The molecular weight excluding hydrogens is 255 g/mol. The summed E-state index contributed by atoms with van der Waals surface area (Å²) in [5.74, 6) is 0.288. The summed E-state index contributed by atoms with van der Waals surface area (Å²) in [6, 6.07) is 9.12. The second kappa shape index (κ2) is 6.83. The van der Waals surface area contributed by atoms with Gasteiger partial charge >= 0.3 is 6.36 Å². The zero-order valence-electron chi connectivity index (χ0n) is 9.01. The van der Waals surface area contributed by atoms with Crippen LogP contribution in [-0.2, 0) is 4.74 Å². The highest BCUT2D eigenvalue weighted by Gasteiger charge is 2.28. The van der Waals surface area contributed by atoms with Crippen LogP contribution in [0.25, 0.3) is 0 Å². The van der Waals surface area contributed by atoms with Crippen molar-refractivity contribution in [1.29, 1.82) is 0 Å². The van der Waals surface area contributed by atoms with E-state index in [2.05, 4.69) is 10.1 Å². The minimum absolute atomic E-state index is 0.0891. The van der Waals surface area contributed by atoms with E-state index in [0.717, 1.165) is 5.56 Å². The Morgan fingerprint density at radius 2 is 1.88 bits per heavy atom. The summed E-state index contributed by atoms with van der Waals surface area (Å²) in [5.41, 5.74) is 0.939. The molecule has 0 aliphatic carbocycles. The minimum atomic E-state index is -4.58. The molecule has 0 spiro atoms. The summed E-state index contributed by atoms with van der Waals surface area (Å²) in [4.78, 5) is 0. The average molecular weight is 268 g/mol. The van der Waals surface area contributed by atoms with Gasteiger partial charge in [-0.1, -0.05) is 30.3 Å². The standard InChI is InChI=1S/C11H13ClF3NO/c12-8-10(9-4-2-1-3-5-9)16-6-7-17-11(13,14)15/h1-5,10,16H,6-8H2. The third-order valence-electron chi connectivity index (χ3n) is 2.11. The number of hydrogen-bond acceptors (Lipinski definition) is 2. The highest BCUT2D eigenvalue weighted by Crippen LogP contribution is 2.16. The number of benzene rings is 1. The van der Waals surface area contributed by atoms with Crippen molar-refractivity contribution in [2.75, 3.05) is 19.0 Å². The second-order valence-electron chi connectivity index (χ2n) is 3.37. The van der Waals surface area contributed by atoms with E-state index in [9.17, 15) is 13.2 Å². The highest BCUT2D eigenvalue weighted by molar-refractivity contribution is 6.18. The third kappa shape index (κ3) is 5.91. The summed E-state index contributed by atoms with van der Waals surface area (Å²) in [6.45, 7) is -0.338. The van der Waals surface area contributed by atoms with E-state index in [1.165, 1.54) is 0 Å². The number of nitrogens with one attached hydrogen (secondary N) is 1. The van der Waals surface area contributed by atoms with Gasteiger partial charge in [0.25, 0.3) is 0 Å². The Morgan fingerprint density at radius 1 is 1.24 bits per heavy atom. The SMILES string of the molecule is FC(F)(F)OCCNC(CCl)c1ccccc1. The van der Waals surface area contributed by atoms with E-state index in [-0.39, 0.29) is 18.5 Å². The topological polar surface area (TPSA) is 21.3 Å². The van der Waals surface area contributed by atoms with Gasteiger partial charge in [0, 0.05) is 18.5 Å². The first-order valence-corrected chi connectivity index (χ1v) is 5.61. The molecule has 1 atom stereocenters. The Labute approximate surface area is 103 Å². The predicted octanol–water partition coefficient (Wildman–Crippen LogP) is 3.09. The molecule has 0 heterocycles. The molecule has 96 valence electrons. The van der Waals surface area contributed by atoms with Crippen LogP contribution in [-0.4, -0.2) is 25.4 Å². The Morgan fingerprint density at radius 3 is 2.41 bits per heavy atom. The zero-order chi connectivity index (χ0) is 12.7. The lowest BCUT2D eigenvalue weighted by Crippen LogP contribution is -2.28. The smallest absolute Gasteiger partial charge is 0.307 e. The molecule has 0 amide bonds. The Balaban J connectivity index is 2.34. The van der Waals surface area contributed by atoms with Crippen molar-refractivity contribution in [2.24, 2.45) is 0 Å². The predicted molar refractivity (Wildman–Crippen MR) is 59.9 cm³/mol. The molecule has 1 N–H and O–H groups in total. The number of rotatable bonds is 6. The molecule has 1 unspecified atom stereocenters. The van der Waals surface area contributed by atoms with Crippen LogP contribution in [0.3, 0.4) is 0 Å². The molecule has 0 aliphatic heterocycles. The van der Waals surface area contributed by atoms with Crippen LogP contribution >= 0.6 is 11.6 Å². The summed E-state index contributed by atoms with van der Waals surface area (Å²) < 4.78 is 38.8. The van der Waals surface area contributed by atoms with Gasteiger partial charge in [-0.2, -0.15) is 0 Å². The lowest BCUT2D eigenvalue weighted by atomic mass is 10.1. The van der Waals surface area contributed by atoms with Crippen LogP contribution < -0.4 is 5.32 Å². The molecule has 1 aromatic carbocycles. The second-order valence-corrected chi connectivity index (χ2v) is 3.67. The highest BCUT2D eigenvalue weighted by atomic mass is 35.5. The number of ether oxygens (including phenoxy) is 1. The summed E-state index contributed by atoms with van der Waals surface area (Å²) in [7, 11) is 0. The van der Waals surface area contributed by atoms with Gasteiger partial charge in [0.1, 0.15) is 0 Å². The van der Waals surface area contributed by atoms with Crippen LogP contribution in [0.5, 0.6) is 0 Å². The van der Waals surface area contributed by atoms with E-state index >= 15 is 0 Å². The molecule has 1 rings (SSSR count). The van der Waals surface area contributed by atoms with Gasteiger partial charge in [0.2, 0.25) is 0 Å². The fourth-order valence-corrected chi connectivity index (χ4v) is 1.63. The lowest BCUT2D eigenvalue weighted by Gasteiger charge is -2.16. The van der Waals surface area contributed by atoms with Crippen LogP contribution in [0.4, 0.5) is 13.2 Å². The number of hydrogen-bond donors (Lipinski definition) is 1. The molecule has 17 heavy (non-hydrogen) atoms. The number of halogens is 4. The molecule has 2 nitrogen and oxygen atoms in total. The minimum Gasteiger partial charge on any atom is -0.307 e. The summed E-state index contributed by atoms with van der Waals surface area (Å²) >= 11 is 5.75. The lowest BCUT2D eigenvalue weighted by molar-refractivity contribution is -0.323. The van der Waals surface area contributed by atoms with E-state index in [1.807, 2.05) is 30.3 Å². The summed E-state index contributed by atoms with van der Waals surface area (Å²) in [6.07, 6.45) is -4.58. The number of alkyl halides is 4. The van der Waals surface area contributed by atoms with Crippen molar-refractivity contribution in [2.45, 2.75) is 12.4 Å².